The maximum Gasteiger partial charge on any atom is 0.315 e. The van der Waals surface area contributed by atoms with Crippen molar-refractivity contribution in [2.75, 3.05) is 13.6 Å². The number of piperidine rings is 1. The number of hydrogen-bond acceptors (Lipinski definition) is 4. The SMILES string of the molecule is CN1C(=O)CCC(NC(=O)NCCC(=O)O)C1=O. The van der Waals surface area contributed by atoms with Gasteiger partial charge in [-0.2, -0.15) is 0 Å². The predicted octanol–water partition coefficient (Wildman–Crippen LogP) is -1.09. The molecule has 1 rings (SSSR count). The molecule has 0 aromatic carbocycles. The summed E-state index contributed by atoms with van der Waals surface area (Å²) in [6, 6.07) is -1.35. The third-order valence-corrected chi connectivity index (χ3v) is 2.58. The molecule has 8 heteroatoms. The zero-order valence-corrected chi connectivity index (χ0v) is 9.93. The molecule has 1 heterocycles. The Morgan fingerprint density at radius 2 is 2.11 bits per heavy atom. The fourth-order valence-corrected chi connectivity index (χ4v) is 1.54. The highest BCUT2D eigenvalue weighted by atomic mass is 16.4. The number of carboxylic acids is 1. The van der Waals surface area contributed by atoms with Crippen LogP contribution in [0, 0.1) is 0 Å². The van der Waals surface area contributed by atoms with Crippen molar-refractivity contribution in [3.05, 3.63) is 0 Å². The van der Waals surface area contributed by atoms with Crippen LogP contribution >= 0.6 is 0 Å². The van der Waals surface area contributed by atoms with E-state index in [1.807, 2.05) is 0 Å². The summed E-state index contributed by atoms with van der Waals surface area (Å²) in [6.45, 7) is -0.0170. The maximum absolute atomic E-state index is 11.6. The summed E-state index contributed by atoms with van der Waals surface area (Å²) in [6.07, 6.45) is 0.265. The highest BCUT2D eigenvalue weighted by molar-refractivity contribution is 6.01. The van der Waals surface area contributed by atoms with Gasteiger partial charge in [-0.05, 0) is 6.42 Å². The lowest BCUT2D eigenvalue weighted by Crippen LogP contribution is -2.54. The van der Waals surface area contributed by atoms with Crippen molar-refractivity contribution in [3.8, 4) is 0 Å². The highest BCUT2D eigenvalue weighted by Gasteiger charge is 2.32. The number of carboxylic acid groups (broad SMARTS) is 1. The minimum atomic E-state index is -1.02. The van der Waals surface area contributed by atoms with Crippen LogP contribution in [-0.4, -0.2) is 53.5 Å². The van der Waals surface area contributed by atoms with Gasteiger partial charge in [0.2, 0.25) is 5.91 Å². The molecular weight excluding hydrogens is 242 g/mol. The van der Waals surface area contributed by atoms with Crippen molar-refractivity contribution >= 4 is 23.8 Å². The number of likely N-dealkylation sites (tertiary alicyclic amines) is 1. The zero-order chi connectivity index (χ0) is 13.7. The van der Waals surface area contributed by atoms with Crippen LogP contribution in [0.25, 0.3) is 0 Å². The number of rotatable bonds is 4. The Kier molecular flexibility index (Phi) is 4.64. The molecular formula is C10H15N3O5. The van der Waals surface area contributed by atoms with Crippen LogP contribution < -0.4 is 10.6 Å². The van der Waals surface area contributed by atoms with Crippen molar-refractivity contribution in [3.63, 3.8) is 0 Å². The molecule has 8 nitrogen and oxygen atoms in total. The second kappa shape index (κ2) is 5.99. The molecule has 4 amide bonds. The molecule has 0 radical (unpaired) electrons. The van der Waals surface area contributed by atoms with Crippen LogP contribution in [0.1, 0.15) is 19.3 Å². The molecule has 1 unspecified atom stereocenters. The summed E-state index contributed by atoms with van der Waals surface area (Å²) in [7, 11) is 1.36. The van der Waals surface area contributed by atoms with Crippen LogP contribution in [0.3, 0.4) is 0 Å². The van der Waals surface area contributed by atoms with E-state index in [0.29, 0.717) is 0 Å². The first-order chi connectivity index (χ1) is 8.41. The summed E-state index contributed by atoms with van der Waals surface area (Å²) >= 11 is 0. The molecule has 1 aliphatic heterocycles. The fraction of sp³-hybridized carbons (Fsp3) is 0.600. The third kappa shape index (κ3) is 3.72. The first-order valence-electron chi connectivity index (χ1n) is 5.48. The van der Waals surface area contributed by atoms with Gasteiger partial charge in [0, 0.05) is 20.0 Å². The maximum atomic E-state index is 11.6. The smallest absolute Gasteiger partial charge is 0.315 e. The van der Waals surface area contributed by atoms with Crippen molar-refractivity contribution in [1.29, 1.82) is 0 Å². The molecule has 3 N–H and O–H groups in total. The van der Waals surface area contributed by atoms with E-state index in [0.717, 1.165) is 4.90 Å². The topological polar surface area (TPSA) is 116 Å². The molecule has 0 aliphatic carbocycles. The fourth-order valence-electron chi connectivity index (χ4n) is 1.54. The third-order valence-electron chi connectivity index (χ3n) is 2.58. The van der Waals surface area contributed by atoms with Gasteiger partial charge < -0.3 is 15.7 Å². The van der Waals surface area contributed by atoms with E-state index in [-0.39, 0.29) is 31.7 Å². The molecule has 1 fully saturated rings. The lowest BCUT2D eigenvalue weighted by molar-refractivity contribution is -0.148. The Morgan fingerprint density at radius 1 is 1.44 bits per heavy atom. The summed E-state index contributed by atoms with van der Waals surface area (Å²) in [5, 5.41) is 13.1. The number of hydrogen-bond donors (Lipinski definition) is 3. The van der Waals surface area contributed by atoms with E-state index < -0.39 is 23.9 Å². The van der Waals surface area contributed by atoms with E-state index in [9.17, 15) is 19.2 Å². The standard InChI is InChI=1S/C10H15N3O5/c1-13-7(14)3-2-6(9(13)17)12-10(18)11-5-4-8(15)16/h6H,2-5H2,1H3,(H,15,16)(H2,11,12,18). The first kappa shape index (κ1) is 13.9. The van der Waals surface area contributed by atoms with Crippen molar-refractivity contribution in [2.45, 2.75) is 25.3 Å². The Bertz CT molecular complexity index is 382. The average molecular weight is 257 g/mol. The Hall–Kier alpha value is -2.12. The van der Waals surface area contributed by atoms with E-state index in [2.05, 4.69) is 10.6 Å². The molecule has 1 saturated heterocycles. The molecule has 0 aromatic rings. The lowest BCUT2D eigenvalue weighted by atomic mass is 10.1. The second-order valence-corrected chi connectivity index (χ2v) is 3.93. The lowest BCUT2D eigenvalue weighted by Gasteiger charge is -2.28. The van der Waals surface area contributed by atoms with E-state index in [1.54, 1.807) is 0 Å². The van der Waals surface area contributed by atoms with Crippen molar-refractivity contribution < 1.29 is 24.3 Å². The van der Waals surface area contributed by atoms with Gasteiger partial charge >= 0.3 is 12.0 Å². The van der Waals surface area contributed by atoms with Gasteiger partial charge in [-0.15, -0.1) is 0 Å². The molecule has 100 valence electrons. The summed E-state index contributed by atoms with van der Waals surface area (Å²) in [5.41, 5.74) is 0. The highest BCUT2D eigenvalue weighted by Crippen LogP contribution is 2.10. The summed E-state index contributed by atoms with van der Waals surface area (Å²) in [5.74, 6) is -1.75. The molecule has 1 atom stereocenters. The molecule has 0 bridgehead atoms. The number of carbonyl (C=O) groups excluding carboxylic acids is 3. The van der Waals surface area contributed by atoms with Crippen LogP contribution in [0.15, 0.2) is 0 Å². The van der Waals surface area contributed by atoms with Gasteiger partial charge in [-0.1, -0.05) is 0 Å². The Balaban J connectivity index is 2.38. The van der Waals surface area contributed by atoms with E-state index in [4.69, 9.17) is 5.11 Å². The van der Waals surface area contributed by atoms with Crippen molar-refractivity contribution in [1.82, 2.24) is 15.5 Å². The van der Waals surface area contributed by atoms with Gasteiger partial charge in [-0.3, -0.25) is 19.3 Å². The minimum absolute atomic E-state index is 0.0170. The number of amides is 4. The average Bonchev–Trinajstić information content (AvgIpc) is 2.29. The minimum Gasteiger partial charge on any atom is -0.481 e. The predicted molar refractivity (Wildman–Crippen MR) is 59.6 cm³/mol. The van der Waals surface area contributed by atoms with Gasteiger partial charge in [0.1, 0.15) is 6.04 Å². The number of nitrogens with one attached hydrogen (secondary N) is 2. The number of likely N-dealkylation sites (N-methyl/N-ethyl adjacent to an activating group) is 1. The van der Waals surface area contributed by atoms with Gasteiger partial charge in [0.15, 0.2) is 0 Å². The summed E-state index contributed by atoms with van der Waals surface area (Å²) in [4.78, 5) is 45.4. The molecule has 1 aliphatic rings. The second-order valence-electron chi connectivity index (χ2n) is 3.93. The molecule has 0 aromatic heterocycles. The molecule has 18 heavy (non-hydrogen) atoms. The number of urea groups is 1. The van der Waals surface area contributed by atoms with E-state index >= 15 is 0 Å². The Morgan fingerprint density at radius 3 is 2.72 bits per heavy atom. The van der Waals surface area contributed by atoms with E-state index in [1.165, 1.54) is 7.05 Å². The largest absolute Gasteiger partial charge is 0.481 e. The molecule has 0 spiro atoms. The van der Waals surface area contributed by atoms with Crippen LogP contribution in [0.4, 0.5) is 4.79 Å². The zero-order valence-electron chi connectivity index (χ0n) is 9.93. The number of imide groups is 1. The number of carbonyl (C=O) groups is 4. The molecule has 0 saturated carbocycles. The summed E-state index contributed by atoms with van der Waals surface area (Å²) < 4.78 is 0. The van der Waals surface area contributed by atoms with Crippen LogP contribution in [0.5, 0.6) is 0 Å². The van der Waals surface area contributed by atoms with Crippen LogP contribution in [-0.2, 0) is 14.4 Å². The number of nitrogens with zero attached hydrogens (tertiary/aromatic N) is 1. The quantitative estimate of drug-likeness (QED) is 0.553. The normalized spacial score (nSPS) is 19.6. The monoisotopic (exact) mass is 257 g/mol. The van der Waals surface area contributed by atoms with Gasteiger partial charge in [0.05, 0.1) is 6.42 Å². The van der Waals surface area contributed by atoms with Gasteiger partial charge in [-0.25, -0.2) is 4.79 Å². The van der Waals surface area contributed by atoms with Crippen molar-refractivity contribution in [2.24, 2.45) is 0 Å². The van der Waals surface area contributed by atoms with Gasteiger partial charge in [0.25, 0.3) is 5.91 Å². The Labute approximate surface area is 103 Å². The first-order valence-corrected chi connectivity index (χ1v) is 5.48. The number of aliphatic carboxylic acids is 1. The van der Waals surface area contributed by atoms with Crippen LogP contribution in [0.2, 0.25) is 0 Å².